The van der Waals surface area contributed by atoms with Crippen molar-refractivity contribution < 1.29 is 14.3 Å². The Morgan fingerprint density at radius 2 is 1.89 bits per heavy atom. The first-order valence-electron chi connectivity index (χ1n) is 9.36. The molecular formula is C22H26N2O3. The SMILES string of the molecule is COCC(=O)N1CCC[C@@H](C(=O)NCc2cccc(-c3ccccc3)c2)C1. The molecule has 1 saturated heterocycles. The molecule has 1 fully saturated rings. The molecule has 5 nitrogen and oxygen atoms in total. The first-order valence-corrected chi connectivity index (χ1v) is 9.36. The van der Waals surface area contributed by atoms with Crippen LogP contribution in [0.1, 0.15) is 18.4 Å². The second kappa shape index (κ2) is 9.33. The van der Waals surface area contributed by atoms with Gasteiger partial charge in [-0.3, -0.25) is 9.59 Å². The Hall–Kier alpha value is -2.66. The van der Waals surface area contributed by atoms with Gasteiger partial charge in [0.15, 0.2) is 0 Å². The highest BCUT2D eigenvalue weighted by Gasteiger charge is 2.28. The number of nitrogens with one attached hydrogen (secondary N) is 1. The van der Waals surface area contributed by atoms with Crippen LogP contribution in [0.3, 0.4) is 0 Å². The summed E-state index contributed by atoms with van der Waals surface area (Å²) in [6.45, 7) is 1.73. The largest absolute Gasteiger partial charge is 0.375 e. The van der Waals surface area contributed by atoms with Gasteiger partial charge in [-0.1, -0.05) is 48.5 Å². The number of benzene rings is 2. The Morgan fingerprint density at radius 3 is 2.67 bits per heavy atom. The van der Waals surface area contributed by atoms with E-state index in [1.807, 2.05) is 30.3 Å². The lowest BCUT2D eigenvalue weighted by atomic mass is 9.97. The molecule has 27 heavy (non-hydrogen) atoms. The summed E-state index contributed by atoms with van der Waals surface area (Å²) >= 11 is 0. The van der Waals surface area contributed by atoms with Gasteiger partial charge in [0.1, 0.15) is 6.61 Å². The van der Waals surface area contributed by atoms with Crippen LogP contribution in [0, 0.1) is 5.92 Å². The molecule has 0 aromatic heterocycles. The predicted molar refractivity (Wildman–Crippen MR) is 105 cm³/mol. The molecule has 5 heteroatoms. The van der Waals surface area contributed by atoms with Gasteiger partial charge in [-0.2, -0.15) is 0 Å². The molecule has 0 bridgehead atoms. The Labute approximate surface area is 160 Å². The van der Waals surface area contributed by atoms with Crippen LogP contribution in [0.15, 0.2) is 54.6 Å². The number of hydrogen-bond acceptors (Lipinski definition) is 3. The lowest BCUT2D eigenvalue weighted by molar-refractivity contribution is -0.139. The summed E-state index contributed by atoms with van der Waals surface area (Å²) in [5.41, 5.74) is 3.36. The lowest BCUT2D eigenvalue weighted by Crippen LogP contribution is -2.46. The third-order valence-electron chi connectivity index (χ3n) is 4.91. The summed E-state index contributed by atoms with van der Waals surface area (Å²) in [5, 5.41) is 3.03. The van der Waals surface area contributed by atoms with Crippen LogP contribution in [0.4, 0.5) is 0 Å². The maximum atomic E-state index is 12.6. The van der Waals surface area contributed by atoms with Crippen molar-refractivity contribution in [2.24, 2.45) is 5.92 Å². The van der Waals surface area contributed by atoms with Crippen molar-refractivity contribution in [1.82, 2.24) is 10.2 Å². The molecule has 3 rings (SSSR count). The van der Waals surface area contributed by atoms with Crippen LogP contribution >= 0.6 is 0 Å². The average molecular weight is 366 g/mol. The molecule has 142 valence electrons. The number of rotatable bonds is 6. The van der Waals surface area contributed by atoms with E-state index in [1.165, 1.54) is 7.11 Å². The fourth-order valence-corrected chi connectivity index (χ4v) is 3.46. The van der Waals surface area contributed by atoms with Gasteiger partial charge in [-0.15, -0.1) is 0 Å². The first-order chi connectivity index (χ1) is 13.2. The van der Waals surface area contributed by atoms with E-state index in [4.69, 9.17) is 4.74 Å². The Balaban J connectivity index is 1.57. The van der Waals surface area contributed by atoms with Crippen LogP contribution in [0.5, 0.6) is 0 Å². The fourth-order valence-electron chi connectivity index (χ4n) is 3.46. The van der Waals surface area contributed by atoms with Crippen molar-refractivity contribution in [2.45, 2.75) is 19.4 Å². The van der Waals surface area contributed by atoms with E-state index in [9.17, 15) is 9.59 Å². The predicted octanol–water partition coefficient (Wildman–Crippen LogP) is 2.85. The highest BCUT2D eigenvalue weighted by Crippen LogP contribution is 2.20. The molecule has 2 aromatic rings. The number of hydrogen-bond donors (Lipinski definition) is 1. The van der Waals surface area contributed by atoms with Crippen LogP contribution in [-0.2, 0) is 20.9 Å². The molecule has 0 aliphatic carbocycles. The fraction of sp³-hybridized carbons (Fsp3) is 0.364. The second-order valence-corrected chi connectivity index (χ2v) is 6.90. The number of carbonyl (C=O) groups is 2. The molecule has 0 unspecified atom stereocenters. The second-order valence-electron chi connectivity index (χ2n) is 6.90. The maximum absolute atomic E-state index is 12.6. The minimum atomic E-state index is -0.156. The monoisotopic (exact) mass is 366 g/mol. The third kappa shape index (κ3) is 5.17. The smallest absolute Gasteiger partial charge is 0.248 e. The molecule has 0 spiro atoms. The van der Waals surface area contributed by atoms with Gasteiger partial charge < -0.3 is 15.0 Å². The van der Waals surface area contributed by atoms with Crippen LogP contribution in [-0.4, -0.2) is 43.5 Å². The molecule has 2 aromatic carbocycles. The van der Waals surface area contributed by atoms with Gasteiger partial charge in [0.05, 0.1) is 5.92 Å². The van der Waals surface area contributed by atoms with Crippen molar-refractivity contribution in [3.63, 3.8) is 0 Å². The highest BCUT2D eigenvalue weighted by molar-refractivity contribution is 5.81. The topological polar surface area (TPSA) is 58.6 Å². The van der Waals surface area contributed by atoms with E-state index in [-0.39, 0.29) is 24.3 Å². The Bertz CT molecular complexity index is 776. The van der Waals surface area contributed by atoms with E-state index in [0.29, 0.717) is 19.6 Å². The Morgan fingerprint density at radius 1 is 1.11 bits per heavy atom. The summed E-state index contributed by atoms with van der Waals surface area (Å²) < 4.78 is 4.91. The standard InChI is InChI=1S/C22H26N2O3/c1-27-16-21(25)24-12-6-11-20(15-24)22(26)23-14-17-7-5-10-19(13-17)18-8-3-2-4-9-18/h2-5,7-10,13,20H,6,11-12,14-16H2,1H3,(H,23,26)/t20-/m1/s1. The van der Waals surface area contributed by atoms with Crippen LogP contribution in [0.2, 0.25) is 0 Å². The van der Waals surface area contributed by atoms with Crippen LogP contribution < -0.4 is 5.32 Å². The summed E-state index contributed by atoms with van der Waals surface area (Å²) in [6, 6.07) is 18.4. The van der Waals surface area contributed by atoms with Gasteiger partial charge in [0.2, 0.25) is 11.8 Å². The number of ether oxygens (including phenoxy) is 1. The summed E-state index contributed by atoms with van der Waals surface area (Å²) in [5.74, 6) is -0.197. The minimum absolute atomic E-state index is 0.00929. The molecular weight excluding hydrogens is 340 g/mol. The lowest BCUT2D eigenvalue weighted by Gasteiger charge is -2.32. The highest BCUT2D eigenvalue weighted by atomic mass is 16.5. The normalized spacial score (nSPS) is 16.8. The van der Waals surface area contributed by atoms with Crippen molar-refractivity contribution >= 4 is 11.8 Å². The molecule has 1 aliphatic heterocycles. The molecule has 1 atom stereocenters. The molecule has 1 heterocycles. The molecule has 1 N–H and O–H groups in total. The number of amides is 2. The molecule has 1 aliphatic rings. The third-order valence-corrected chi connectivity index (χ3v) is 4.91. The zero-order chi connectivity index (χ0) is 19.1. The average Bonchev–Trinajstić information content (AvgIpc) is 2.73. The van der Waals surface area contributed by atoms with Gasteiger partial charge in [-0.05, 0) is 35.6 Å². The minimum Gasteiger partial charge on any atom is -0.375 e. The molecule has 2 amide bonds. The number of carbonyl (C=O) groups excluding carboxylic acids is 2. The van der Waals surface area contributed by atoms with E-state index in [2.05, 4.69) is 29.6 Å². The van der Waals surface area contributed by atoms with Crippen molar-refractivity contribution in [2.75, 3.05) is 26.8 Å². The van der Waals surface area contributed by atoms with Gasteiger partial charge in [-0.25, -0.2) is 0 Å². The number of nitrogens with zero attached hydrogens (tertiary/aromatic N) is 1. The van der Waals surface area contributed by atoms with Gasteiger partial charge in [0, 0.05) is 26.7 Å². The van der Waals surface area contributed by atoms with E-state index in [0.717, 1.165) is 29.5 Å². The van der Waals surface area contributed by atoms with E-state index in [1.54, 1.807) is 4.90 Å². The van der Waals surface area contributed by atoms with Crippen molar-refractivity contribution in [3.05, 3.63) is 60.2 Å². The van der Waals surface area contributed by atoms with Crippen LogP contribution in [0.25, 0.3) is 11.1 Å². The number of likely N-dealkylation sites (tertiary alicyclic amines) is 1. The number of piperidine rings is 1. The maximum Gasteiger partial charge on any atom is 0.248 e. The van der Waals surface area contributed by atoms with Crippen molar-refractivity contribution in [3.8, 4) is 11.1 Å². The van der Waals surface area contributed by atoms with Crippen molar-refractivity contribution in [1.29, 1.82) is 0 Å². The van der Waals surface area contributed by atoms with E-state index >= 15 is 0 Å². The van der Waals surface area contributed by atoms with Gasteiger partial charge >= 0.3 is 0 Å². The quantitative estimate of drug-likeness (QED) is 0.855. The summed E-state index contributed by atoms with van der Waals surface area (Å²) in [6.07, 6.45) is 1.66. The Kier molecular flexibility index (Phi) is 6.60. The van der Waals surface area contributed by atoms with E-state index < -0.39 is 0 Å². The van der Waals surface area contributed by atoms with Gasteiger partial charge in [0.25, 0.3) is 0 Å². The zero-order valence-corrected chi connectivity index (χ0v) is 15.7. The summed E-state index contributed by atoms with van der Waals surface area (Å²) in [4.78, 5) is 26.3. The first kappa shape index (κ1) is 19.1. The molecule has 0 radical (unpaired) electrons. The number of methoxy groups -OCH3 is 1. The summed E-state index contributed by atoms with van der Waals surface area (Å²) in [7, 11) is 1.51. The zero-order valence-electron chi connectivity index (χ0n) is 15.7. The molecule has 0 saturated carbocycles.